The molecule has 2 aromatic carbocycles. The second kappa shape index (κ2) is 6.39. The van der Waals surface area contributed by atoms with Gasteiger partial charge in [0.15, 0.2) is 0 Å². The number of aromatic amines is 1. The molecule has 1 aliphatic heterocycles. The van der Waals surface area contributed by atoms with Crippen LogP contribution in [0.25, 0.3) is 21.9 Å². The van der Waals surface area contributed by atoms with Crippen molar-refractivity contribution in [3.05, 3.63) is 66.5 Å². The van der Waals surface area contributed by atoms with E-state index in [-0.39, 0.29) is 12.0 Å². The van der Waals surface area contributed by atoms with E-state index in [1.54, 1.807) is 6.33 Å². The lowest BCUT2D eigenvalue weighted by Gasteiger charge is -2.17. The molecular formula is C21H18N4O2. The summed E-state index contributed by atoms with van der Waals surface area (Å²) in [6, 6.07) is 17.4. The summed E-state index contributed by atoms with van der Waals surface area (Å²) < 4.78 is 6.04. The summed E-state index contributed by atoms with van der Waals surface area (Å²) in [5.41, 5.74) is 3.30. The van der Waals surface area contributed by atoms with Crippen LogP contribution in [-0.4, -0.2) is 45.0 Å². The average Bonchev–Trinajstić information content (AvgIpc) is 3.36. The Bertz CT molecular complexity index is 1140. The Kier molecular flexibility index (Phi) is 3.74. The molecule has 1 fully saturated rings. The van der Waals surface area contributed by atoms with Gasteiger partial charge in [0, 0.05) is 30.0 Å². The first-order valence-electron chi connectivity index (χ1n) is 9.01. The molecule has 1 unspecified atom stereocenters. The van der Waals surface area contributed by atoms with E-state index in [1.807, 2.05) is 59.5 Å². The Morgan fingerprint density at radius 1 is 1.11 bits per heavy atom. The van der Waals surface area contributed by atoms with Crippen molar-refractivity contribution in [3.63, 3.8) is 0 Å². The number of benzene rings is 2. The van der Waals surface area contributed by atoms with Crippen molar-refractivity contribution in [3.8, 4) is 5.88 Å². The van der Waals surface area contributed by atoms with Crippen LogP contribution in [0, 0.1) is 0 Å². The molecule has 0 saturated carbocycles. The number of nitrogens with zero attached hydrogens (tertiary/aromatic N) is 3. The van der Waals surface area contributed by atoms with Crippen molar-refractivity contribution in [2.24, 2.45) is 0 Å². The smallest absolute Gasteiger partial charge is 0.254 e. The van der Waals surface area contributed by atoms with E-state index in [0.717, 1.165) is 28.4 Å². The number of H-pyrrole nitrogens is 1. The Morgan fingerprint density at radius 2 is 2.04 bits per heavy atom. The van der Waals surface area contributed by atoms with Crippen molar-refractivity contribution in [2.75, 3.05) is 13.1 Å². The minimum absolute atomic E-state index is 0.0177. The van der Waals surface area contributed by atoms with Crippen LogP contribution in [0.3, 0.4) is 0 Å². The maximum absolute atomic E-state index is 12.8. The molecule has 0 radical (unpaired) electrons. The number of carbonyl (C=O) groups is 1. The lowest BCUT2D eigenvalue weighted by Crippen LogP contribution is -2.31. The Labute approximate surface area is 155 Å². The molecule has 6 heteroatoms. The number of hydrogen-bond donors (Lipinski definition) is 1. The minimum atomic E-state index is -0.0431. The van der Waals surface area contributed by atoms with Crippen LogP contribution >= 0.6 is 0 Å². The maximum atomic E-state index is 12.8. The minimum Gasteiger partial charge on any atom is -0.472 e. The summed E-state index contributed by atoms with van der Waals surface area (Å²) in [6.07, 6.45) is 2.39. The zero-order chi connectivity index (χ0) is 18.2. The van der Waals surface area contributed by atoms with E-state index >= 15 is 0 Å². The summed E-state index contributed by atoms with van der Waals surface area (Å²) in [6.45, 7) is 1.24. The van der Waals surface area contributed by atoms with E-state index in [4.69, 9.17) is 4.74 Å². The number of para-hydroxylation sites is 1. The van der Waals surface area contributed by atoms with Crippen LogP contribution in [0.15, 0.2) is 60.9 Å². The highest BCUT2D eigenvalue weighted by Gasteiger charge is 2.28. The van der Waals surface area contributed by atoms with Crippen molar-refractivity contribution in [1.82, 2.24) is 19.9 Å². The monoisotopic (exact) mass is 358 g/mol. The number of amides is 1. The first-order valence-corrected chi connectivity index (χ1v) is 9.01. The molecule has 27 heavy (non-hydrogen) atoms. The predicted octanol–water partition coefficient (Wildman–Crippen LogP) is 3.40. The molecule has 3 heterocycles. The SMILES string of the molecule is O=C(c1ccc2nc[nH]c2c1)N1CCC(Oc2ccc3ccccc3n2)C1. The quantitative estimate of drug-likeness (QED) is 0.609. The number of aromatic nitrogens is 3. The lowest BCUT2D eigenvalue weighted by molar-refractivity contribution is 0.0771. The fourth-order valence-electron chi connectivity index (χ4n) is 3.54. The van der Waals surface area contributed by atoms with Gasteiger partial charge < -0.3 is 14.6 Å². The molecule has 1 N–H and O–H groups in total. The van der Waals surface area contributed by atoms with E-state index in [9.17, 15) is 4.79 Å². The van der Waals surface area contributed by atoms with E-state index < -0.39 is 0 Å². The molecule has 1 aliphatic rings. The van der Waals surface area contributed by atoms with Gasteiger partial charge in [0.05, 0.1) is 29.4 Å². The highest BCUT2D eigenvalue weighted by molar-refractivity contribution is 5.97. The van der Waals surface area contributed by atoms with Gasteiger partial charge in [0.1, 0.15) is 6.10 Å². The summed E-state index contributed by atoms with van der Waals surface area (Å²) >= 11 is 0. The second-order valence-corrected chi connectivity index (χ2v) is 6.76. The number of likely N-dealkylation sites (tertiary alicyclic amines) is 1. The number of carbonyl (C=O) groups excluding carboxylic acids is 1. The fourth-order valence-corrected chi connectivity index (χ4v) is 3.54. The van der Waals surface area contributed by atoms with E-state index in [2.05, 4.69) is 15.0 Å². The number of nitrogens with one attached hydrogen (secondary N) is 1. The maximum Gasteiger partial charge on any atom is 0.254 e. The molecule has 0 bridgehead atoms. The molecule has 1 amide bonds. The van der Waals surface area contributed by atoms with Gasteiger partial charge >= 0.3 is 0 Å². The third-order valence-electron chi connectivity index (χ3n) is 4.96. The van der Waals surface area contributed by atoms with Gasteiger partial charge in [-0.05, 0) is 30.3 Å². The topological polar surface area (TPSA) is 71.1 Å². The first-order chi connectivity index (χ1) is 13.3. The number of hydrogen-bond acceptors (Lipinski definition) is 4. The summed E-state index contributed by atoms with van der Waals surface area (Å²) in [7, 11) is 0. The van der Waals surface area contributed by atoms with Gasteiger partial charge in [0.25, 0.3) is 5.91 Å². The van der Waals surface area contributed by atoms with Crippen molar-refractivity contribution in [2.45, 2.75) is 12.5 Å². The van der Waals surface area contributed by atoms with Crippen LogP contribution < -0.4 is 4.74 Å². The van der Waals surface area contributed by atoms with Gasteiger partial charge in [-0.3, -0.25) is 4.79 Å². The van der Waals surface area contributed by atoms with Crippen LogP contribution in [-0.2, 0) is 0 Å². The van der Waals surface area contributed by atoms with Gasteiger partial charge in [-0.2, -0.15) is 0 Å². The third-order valence-corrected chi connectivity index (χ3v) is 4.96. The number of rotatable bonds is 3. The van der Waals surface area contributed by atoms with Crippen molar-refractivity contribution in [1.29, 1.82) is 0 Å². The first kappa shape index (κ1) is 15.8. The van der Waals surface area contributed by atoms with Crippen LogP contribution in [0.5, 0.6) is 5.88 Å². The van der Waals surface area contributed by atoms with Gasteiger partial charge in [-0.1, -0.05) is 18.2 Å². The normalized spacial score (nSPS) is 16.9. The zero-order valence-electron chi connectivity index (χ0n) is 14.6. The molecule has 5 rings (SSSR count). The molecule has 2 aromatic heterocycles. The second-order valence-electron chi connectivity index (χ2n) is 6.76. The molecule has 4 aromatic rings. The molecule has 134 valence electrons. The largest absolute Gasteiger partial charge is 0.472 e. The molecule has 1 atom stereocenters. The van der Waals surface area contributed by atoms with Crippen LogP contribution in [0.4, 0.5) is 0 Å². The summed E-state index contributed by atoms with van der Waals surface area (Å²) in [4.78, 5) is 26.4. The highest BCUT2D eigenvalue weighted by atomic mass is 16.5. The van der Waals surface area contributed by atoms with Crippen LogP contribution in [0.1, 0.15) is 16.8 Å². The molecule has 1 saturated heterocycles. The summed E-state index contributed by atoms with van der Waals surface area (Å²) in [5.74, 6) is 0.621. The van der Waals surface area contributed by atoms with Crippen LogP contribution in [0.2, 0.25) is 0 Å². The molecule has 0 aliphatic carbocycles. The molecule has 6 nitrogen and oxygen atoms in total. The number of ether oxygens (including phenoxy) is 1. The number of pyridine rings is 1. The van der Waals surface area contributed by atoms with Crippen molar-refractivity contribution >= 4 is 27.8 Å². The zero-order valence-corrected chi connectivity index (χ0v) is 14.6. The third kappa shape index (κ3) is 2.99. The Balaban J connectivity index is 1.29. The van der Waals surface area contributed by atoms with Gasteiger partial charge in [0.2, 0.25) is 5.88 Å². The van der Waals surface area contributed by atoms with E-state index in [0.29, 0.717) is 24.5 Å². The standard InChI is InChI=1S/C21H18N4O2/c26-21(15-5-7-18-19(11-15)23-13-22-18)25-10-9-16(12-25)27-20-8-6-14-3-1-2-4-17(14)24-20/h1-8,11,13,16H,9-10,12H2,(H,22,23). The van der Waals surface area contributed by atoms with E-state index in [1.165, 1.54) is 0 Å². The summed E-state index contributed by atoms with van der Waals surface area (Å²) in [5, 5.41) is 1.09. The van der Waals surface area contributed by atoms with Gasteiger partial charge in [-0.15, -0.1) is 0 Å². The number of fused-ring (bicyclic) bond motifs is 2. The lowest BCUT2D eigenvalue weighted by atomic mass is 10.2. The highest BCUT2D eigenvalue weighted by Crippen LogP contribution is 2.22. The molecule has 0 spiro atoms. The fraction of sp³-hybridized carbons (Fsp3) is 0.190. The Hall–Kier alpha value is -3.41. The molecular weight excluding hydrogens is 340 g/mol. The Morgan fingerprint density at radius 3 is 3.00 bits per heavy atom. The van der Waals surface area contributed by atoms with Crippen molar-refractivity contribution < 1.29 is 9.53 Å². The predicted molar refractivity (Wildman–Crippen MR) is 103 cm³/mol. The average molecular weight is 358 g/mol. The number of imidazole rings is 1. The van der Waals surface area contributed by atoms with Gasteiger partial charge in [-0.25, -0.2) is 9.97 Å².